The predicted octanol–water partition coefficient (Wildman–Crippen LogP) is 0.399. The molecule has 2 aliphatic rings. The van der Waals surface area contributed by atoms with Crippen LogP contribution in [0.1, 0.15) is 39.1 Å². The highest BCUT2D eigenvalue weighted by Crippen LogP contribution is 2.30. The number of nitrogens with zero attached hydrogens (tertiary/aromatic N) is 1. The molecule has 0 bridgehead atoms. The Labute approximate surface area is 118 Å². The zero-order valence-electron chi connectivity index (χ0n) is 10.9. The van der Waals surface area contributed by atoms with Crippen molar-refractivity contribution in [2.75, 3.05) is 0 Å². The summed E-state index contributed by atoms with van der Waals surface area (Å²) in [6.07, 6.45) is 0.740. The van der Waals surface area contributed by atoms with Crippen LogP contribution >= 0.6 is 0 Å². The quantitative estimate of drug-likeness (QED) is 0.631. The van der Waals surface area contributed by atoms with Crippen molar-refractivity contribution >= 4 is 24.0 Å². The zero-order chi connectivity index (χ0) is 15.1. The molecular weight excluding hydrogens is 279 g/mol. The van der Waals surface area contributed by atoms with Gasteiger partial charge in [0.15, 0.2) is 6.29 Å². The van der Waals surface area contributed by atoms with Crippen LogP contribution in [0.25, 0.3) is 0 Å². The van der Waals surface area contributed by atoms with E-state index < -0.39 is 23.7 Å². The molecule has 0 aliphatic carbocycles. The van der Waals surface area contributed by atoms with Gasteiger partial charge in [0.25, 0.3) is 5.91 Å². The van der Waals surface area contributed by atoms with Crippen LogP contribution in [-0.2, 0) is 16.1 Å². The van der Waals surface area contributed by atoms with Crippen molar-refractivity contribution < 1.29 is 23.6 Å². The summed E-state index contributed by atoms with van der Waals surface area (Å²) in [4.78, 5) is 47.6. The second-order valence-electron chi connectivity index (χ2n) is 5.00. The van der Waals surface area contributed by atoms with Gasteiger partial charge in [-0.15, -0.1) is 0 Å². The maximum absolute atomic E-state index is 13.6. The third-order valence-electron chi connectivity index (χ3n) is 3.83. The standard InChI is InChI=1S/C14H11FN2O4/c15-10-2-1-7-8(9(10)6-18)5-17(14(7)21)11-3-4-12(19)16-13(11)20/h1-2,6,11H,3-5H2,(H,16,19,20). The molecule has 21 heavy (non-hydrogen) atoms. The van der Waals surface area contributed by atoms with E-state index in [9.17, 15) is 23.6 Å². The average molecular weight is 290 g/mol. The van der Waals surface area contributed by atoms with Crippen molar-refractivity contribution in [3.05, 3.63) is 34.6 Å². The van der Waals surface area contributed by atoms with Gasteiger partial charge in [0.1, 0.15) is 11.9 Å². The molecule has 108 valence electrons. The van der Waals surface area contributed by atoms with Crippen molar-refractivity contribution in [3.63, 3.8) is 0 Å². The largest absolute Gasteiger partial charge is 0.322 e. The summed E-state index contributed by atoms with van der Waals surface area (Å²) in [5.74, 6) is -2.04. The van der Waals surface area contributed by atoms with Gasteiger partial charge in [0.05, 0.1) is 5.56 Å². The summed E-state index contributed by atoms with van der Waals surface area (Å²) in [5, 5.41) is 2.18. The smallest absolute Gasteiger partial charge is 0.255 e. The summed E-state index contributed by atoms with van der Waals surface area (Å²) >= 11 is 0. The van der Waals surface area contributed by atoms with Gasteiger partial charge in [-0.25, -0.2) is 4.39 Å². The van der Waals surface area contributed by atoms with Crippen molar-refractivity contribution in [2.24, 2.45) is 0 Å². The van der Waals surface area contributed by atoms with E-state index in [4.69, 9.17) is 0 Å². The molecule has 6 nitrogen and oxygen atoms in total. The average Bonchev–Trinajstić information content (AvgIpc) is 2.76. The number of benzene rings is 1. The topological polar surface area (TPSA) is 83.6 Å². The Balaban J connectivity index is 1.95. The van der Waals surface area contributed by atoms with Gasteiger partial charge in [-0.2, -0.15) is 0 Å². The fraction of sp³-hybridized carbons (Fsp3) is 0.286. The van der Waals surface area contributed by atoms with Crippen LogP contribution in [0.4, 0.5) is 4.39 Å². The molecule has 0 spiro atoms. The number of imide groups is 1. The first-order valence-corrected chi connectivity index (χ1v) is 6.44. The number of carbonyl (C=O) groups is 4. The fourth-order valence-electron chi connectivity index (χ4n) is 2.76. The maximum Gasteiger partial charge on any atom is 0.255 e. The van der Waals surface area contributed by atoms with Gasteiger partial charge in [-0.05, 0) is 24.1 Å². The van der Waals surface area contributed by atoms with Crippen molar-refractivity contribution in [1.29, 1.82) is 0 Å². The van der Waals surface area contributed by atoms with Crippen LogP contribution in [0.3, 0.4) is 0 Å². The molecule has 0 aromatic heterocycles. The van der Waals surface area contributed by atoms with Crippen molar-refractivity contribution in [3.8, 4) is 0 Å². The summed E-state index contributed by atoms with van der Waals surface area (Å²) < 4.78 is 13.6. The van der Waals surface area contributed by atoms with Crippen LogP contribution in [-0.4, -0.2) is 34.9 Å². The second kappa shape index (κ2) is 4.76. The van der Waals surface area contributed by atoms with Gasteiger partial charge < -0.3 is 4.90 Å². The van der Waals surface area contributed by atoms with Gasteiger partial charge in [-0.3, -0.25) is 24.5 Å². The van der Waals surface area contributed by atoms with E-state index in [1.54, 1.807) is 0 Å². The van der Waals surface area contributed by atoms with Crippen LogP contribution in [0.5, 0.6) is 0 Å². The number of nitrogens with one attached hydrogen (secondary N) is 1. The second-order valence-corrected chi connectivity index (χ2v) is 5.00. The number of fused-ring (bicyclic) bond motifs is 1. The monoisotopic (exact) mass is 290 g/mol. The SMILES string of the molecule is O=Cc1c(F)ccc2c1CN(C1CCC(=O)NC1=O)C2=O. The fourth-order valence-corrected chi connectivity index (χ4v) is 2.76. The molecule has 1 unspecified atom stereocenters. The number of rotatable bonds is 2. The van der Waals surface area contributed by atoms with E-state index in [0.717, 1.165) is 6.07 Å². The van der Waals surface area contributed by atoms with E-state index in [1.807, 2.05) is 0 Å². The molecule has 3 rings (SSSR count). The molecular formula is C14H11FN2O4. The minimum Gasteiger partial charge on any atom is -0.322 e. The molecule has 7 heteroatoms. The number of piperidine rings is 1. The summed E-state index contributed by atoms with van der Waals surface area (Å²) in [5.41, 5.74) is 0.360. The van der Waals surface area contributed by atoms with E-state index in [-0.39, 0.29) is 36.4 Å². The summed E-state index contributed by atoms with van der Waals surface area (Å²) in [6.45, 7) is -0.00766. The number of amides is 3. The number of halogens is 1. The molecule has 0 radical (unpaired) electrons. The lowest BCUT2D eigenvalue weighted by Crippen LogP contribution is -2.52. The van der Waals surface area contributed by atoms with Gasteiger partial charge >= 0.3 is 0 Å². The van der Waals surface area contributed by atoms with E-state index in [0.29, 0.717) is 11.8 Å². The third kappa shape index (κ3) is 2.01. The molecule has 1 saturated heterocycles. The Morgan fingerprint density at radius 2 is 2.05 bits per heavy atom. The maximum atomic E-state index is 13.6. The molecule has 1 aromatic rings. The van der Waals surface area contributed by atoms with Crippen LogP contribution in [0.2, 0.25) is 0 Å². The first-order chi connectivity index (χ1) is 10.0. The highest BCUT2D eigenvalue weighted by molar-refractivity contribution is 6.06. The van der Waals surface area contributed by atoms with Gasteiger partial charge in [-0.1, -0.05) is 0 Å². The molecule has 0 saturated carbocycles. The molecule has 2 aliphatic heterocycles. The first-order valence-electron chi connectivity index (χ1n) is 6.44. The lowest BCUT2D eigenvalue weighted by Gasteiger charge is -2.29. The lowest BCUT2D eigenvalue weighted by atomic mass is 10.0. The predicted molar refractivity (Wildman–Crippen MR) is 67.8 cm³/mol. The van der Waals surface area contributed by atoms with Gasteiger partial charge in [0.2, 0.25) is 11.8 Å². The van der Waals surface area contributed by atoms with E-state index in [1.165, 1.54) is 11.0 Å². The molecule has 1 N–H and O–H groups in total. The summed E-state index contributed by atoms with van der Waals surface area (Å²) in [6, 6.07) is 1.60. The molecule has 1 fully saturated rings. The van der Waals surface area contributed by atoms with E-state index in [2.05, 4.69) is 5.32 Å². The Morgan fingerprint density at radius 1 is 1.29 bits per heavy atom. The Morgan fingerprint density at radius 3 is 2.71 bits per heavy atom. The van der Waals surface area contributed by atoms with Crippen LogP contribution in [0, 0.1) is 5.82 Å². The highest BCUT2D eigenvalue weighted by Gasteiger charge is 2.40. The zero-order valence-corrected chi connectivity index (χ0v) is 10.9. The normalized spacial score (nSPS) is 21.3. The number of aldehydes is 1. The number of hydrogen-bond donors (Lipinski definition) is 1. The minimum absolute atomic E-state index is 0.00766. The Kier molecular flexibility index (Phi) is 3.04. The highest BCUT2D eigenvalue weighted by atomic mass is 19.1. The van der Waals surface area contributed by atoms with Crippen LogP contribution < -0.4 is 5.32 Å². The number of carbonyl (C=O) groups excluding carboxylic acids is 4. The summed E-state index contributed by atoms with van der Waals surface area (Å²) in [7, 11) is 0. The molecule has 3 amide bonds. The Bertz CT molecular complexity index is 686. The molecule has 1 aromatic carbocycles. The van der Waals surface area contributed by atoms with E-state index >= 15 is 0 Å². The third-order valence-corrected chi connectivity index (χ3v) is 3.83. The lowest BCUT2D eigenvalue weighted by molar-refractivity contribution is -0.136. The Hall–Kier alpha value is -2.57. The minimum atomic E-state index is -0.773. The number of hydrogen-bond acceptors (Lipinski definition) is 4. The molecule has 2 heterocycles. The van der Waals surface area contributed by atoms with Crippen molar-refractivity contribution in [1.82, 2.24) is 10.2 Å². The van der Waals surface area contributed by atoms with Gasteiger partial charge in [0, 0.05) is 18.5 Å². The van der Waals surface area contributed by atoms with Crippen LogP contribution in [0.15, 0.2) is 12.1 Å². The first kappa shape index (κ1) is 13.4. The van der Waals surface area contributed by atoms with Crippen molar-refractivity contribution in [2.45, 2.75) is 25.4 Å². The molecule has 1 atom stereocenters.